The van der Waals surface area contributed by atoms with Crippen LogP contribution in [0.4, 0.5) is 18.9 Å². The molecule has 38 heavy (non-hydrogen) atoms. The Balaban J connectivity index is 0.000000505. The van der Waals surface area contributed by atoms with Gasteiger partial charge < -0.3 is 20.3 Å². The predicted molar refractivity (Wildman–Crippen MR) is 142 cm³/mol. The number of anilines is 1. The third-order valence-electron chi connectivity index (χ3n) is 5.84. The molecule has 202 valence electrons. The minimum atomic E-state index is -5.08. The first-order valence-corrected chi connectivity index (χ1v) is 12.4. The van der Waals surface area contributed by atoms with Gasteiger partial charge in [0.1, 0.15) is 0 Å². The number of para-hydroxylation sites is 1. The fourth-order valence-corrected chi connectivity index (χ4v) is 4.14. The largest absolute Gasteiger partial charge is 0.490 e. The molecule has 0 atom stereocenters. The molecule has 1 aliphatic rings. The van der Waals surface area contributed by atoms with E-state index in [0.717, 1.165) is 60.6 Å². The van der Waals surface area contributed by atoms with Crippen molar-refractivity contribution in [1.82, 2.24) is 15.3 Å². The van der Waals surface area contributed by atoms with Crippen LogP contribution in [0.15, 0.2) is 48.7 Å². The summed E-state index contributed by atoms with van der Waals surface area (Å²) in [5.41, 5.74) is 7.09. The summed E-state index contributed by atoms with van der Waals surface area (Å²) in [5, 5.41) is 10.0. The molecule has 1 amide bonds. The second-order valence-electron chi connectivity index (χ2n) is 8.73. The number of alkyl halides is 3. The van der Waals surface area contributed by atoms with E-state index >= 15 is 0 Å². The molecule has 4 rings (SSSR count). The number of aromatic amines is 1. The first kappa shape index (κ1) is 28.5. The minimum absolute atomic E-state index is 0.00162. The fourth-order valence-electron chi connectivity index (χ4n) is 4.14. The summed E-state index contributed by atoms with van der Waals surface area (Å²) in [4.78, 5) is 31.4. The lowest BCUT2D eigenvalue weighted by Gasteiger charge is -2.25. The molecule has 0 saturated carbocycles. The summed E-state index contributed by atoms with van der Waals surface area (Å²) in [6.07, 6.45) is 4.03. The predicted octanol–water partition coefficient (Wildman–Crippen LogP) is 5.79. The molecule has 10 heteroatoms. The van der Waals surface area contributed by atoms with E-state index in [9.17, 15) is 18.0 Å². The molecule has 3 N–H and O–H groups in total. The van der Waals surface area contributed by atoms with Crippen LogP contribution in [0.2, 0.25) is 0 Å². The molecule has 0 aliphatic carbocycles. The Bertz CT molecular complexity index is 1280. The molecule has 0 saturated heterocycles. The zero-order valence-electron chi connectivity index (χ0n) is 21.3. The van der Waals surface area contributed by atoms with E-state index in [0.29, 0.717) is 6.54 Å². The zero-order valence-corrected chi connectivity index (χ0v) is 21.3. The highest BCUT2D eigenvalue weighted by Crippen LogP contribution is 2.26. The minimum Gasteiger partial charge on any atom is -0.475 e. The molecule has 1 aliphatic heterocycles. The molecule has 0 radical (unpaired) electrons. The number of carboxylic acids is 1. The van der Waals surface area contributed by atoms with Gasteiger partial charge in [-0.25, -0.2) is 4.79 Å². The van der Waals surface area contributed by atoms with Gasteiger partial charge in [-0.05, 0) is 48.7 Å². The van der Waals surface area contributed by atoms with Crippen LogP contribution < -0.4 is 10.2 Å². The number of hydrogen-bond donors (Lipinski definition) is 3. The summed E-state index contributed by atoms with van der Waals surface area (Å²) >= 11 is 0. The normalized spacial score (nSPS) is 12.9. The van der Waals surface area contributed by atoms with Gasteiger partial charge in [-0.15, -0.1) is 0 Å². The summed E-state index contributed by atoms with van der Waals surface area (Å²) in [6.45, 7) is 7.23. The topological polar surface area (TPSA) is 98.3 Å². The van der Waals surface area contributed by atoms with Crippen LogP contribution in [0.25, 0.3) is 23.4 Å². The maximum absolute atomic E-state index is 12.1. The van der Waals surface area contributed by atoms with Crippen LogP contribution in [-0.4, -0.2) is 52.8 Å². The van der Waals surface area contributed by atoms with Gasteiger partial charge >= 0.3 is 12.1 Å². The first-order chi connectivity index (χ1) is 18.1. The third-order valence-corrected chi connectivity index (χ3v) is 5.84. The van der Waals surface area contributed by atoms with E-state index in [4.69, 9.17) is 9.90 Å². The summed E-state index contributed by atoms with van der Waals surface area (Å²) in [5.74, 6) is -2.76. The molecule has 0 spiro atoms. The number of rotatable bonds is 8. The number of aromatic nitrogens is 2. The molecule has 7 nitrogen and oxygen atoms in total. The second-order valence-corrected chi connectivity index (χ2v) is 8.73. The molecule has 0 fully saturated rings. The molecule has 0 unspecified atom stereocenters. The van der Waals surface area contributed by atoms with E-state index in [1.165, 1.54) is 11.3 Å². The zero-order chi connectivity index (χ0) is 27.7. The van der Waals surface area contributed by atoms with Gasteiger partial charge in [0.05, 0.1) is 11.3 Å². The number of amides is 1. The average molecular weight is 529 g/mol. The van der Waals surface area contributed by atoms with Crippen molar-refractivity contribution in [3.63, 3.8) is 0 Å². The second kappa shape index (κ2) is 12.9. The molecular weight excluding hydrogens is 497 g/mol. The van der Waals surface area contributed by atoms with Crippen LogP contribution in [0.3, 0.4) is 0 Å². The van der Waals surface area contributed by atoms with Crippen molar-refractivity contribution >= 4 is 29.7 Å². The number of benzene rings is 1. The van der Waals surface area contributed by atoms with Crippen molar-refractivity contribution in [3.8, 4) is 11.3 Å². The van der Waals surface area contributed by atoms with Crippen LogP contribution >= 0.6 is 0 Å². The maximum Gasteiger partial charge on any atom is 0.490 e. The molecule has 3 heterocycles. The Morgan fingerprint density at radius 3 is 2.42 bits per heavy atom. The lowest BCUT2D eigenvalue weighted by atomic mass is 10.1. The van der Waals surface area contributed by atoms with Gasteiger partial charge in [0.15, 0.2) is 0 Å². The Morgan fingerprint density at radius 1 is 1.11 bits per heavy atom. The fraction of sp³-hybridized carbons (Fsp3) is 0.321. The van der Waals surface area contributed by atoms with Gasteiger partial charge in [-0.3, -0.25) is 9.78 Å². The highest BCUT2D eigenvalue weighted by Gasteiger charge is 2.38. The molecule has 0 bridgehead atoms. The van der Waals surface area contributed by atoms with Gasteiger partial charge in [-0.1, -0.05) is 38.1 Å². The van der Waals surface area contributed by atoms with Crippen molar-refractivity contribution < 1.29 is 27.9 Å². The number of carboxylic acid groups (broad SMARTS) is 1. The summed E-state index contributed by atoms with van der Waals surface area (Å²) < 4.78 is 31.7. The number of halogens is 3. The highest BCUT2D eigenvalue weighted by atomic mass is 19.4. The Hall–Kier alpha value is -4.08. The van der Waals surface area contributed by atoms with E-state index < -0.39 is 12.1 Å². The number of nitrogens with one attached hydrogen (secondary N) is 2. The number of carbonyl (C=O) groups excluding carboxylic acids is 1. The number of H-pyrrole nitrogens is 1. The Morgan fingerprint density at radius 2 is 1.79 bits per heavy atom. The SMILES string of the molecule is CCCN(CCC)c1ccccc1/C=C/c1cc(-c2cc3c([nH]2)CCNC3=O)ccn1.O=C(O)C(F)(F)F. The number of fused-ring (bicyclic) bond motifs is 1. The first-order valence-electron chi connectivity index (χ1n) is 12.4. The van der Waals surface area contributed by atoms with Crippen molar-refractivity contribution in [2.24, 2.45) is 0 Å². The van der Waals surface area contributed by atoms with Gasteiger partial charge in [0, 0.05) is 54.9 Å². The summed E-state index contributed by atoms with van der Waals surface area (Å²) in [7, 11) is 0. The van der Waals surface area contributed by atoms with Crippen LogP contribution in [0, 0.1) is 0 Å². The lowest BCUT2D eigenvalue weighted by Crippen LogP contribution is -2.31. The smallest absolute Gasteiger partial charge is 0.475 e. The van der Waals surface area contributed by atoms with Crippen molar-refractivity contribution in [2.45, 2.75) is 39.3 Å². The van der Waals surface area contributed by atoms with Crippen LogP contribution in [0.5, 0.6) is 0 Å². The van der Waals surface area contributed by atoms with Gasteiger partial charge in [0.2, 0.25) is 0 Å². The highest BCUT2D eigenvalue weighted by molar-refractivity contribution is 5.97. The van der Waals surface area contributed by atoms with Crippen LogP contribution in [0.1, 0.15) is 54.0 Å². The molecule has 1 aromatic carbocycles. The monoisotopic (exact) mass is 528 g/mol. The van der Waals surface area contributed by atoms with Gasteiger partial charge in [-0.2, -0.15) is 13.2 Å². The number of carbonyl (C=O) groups is 2. The third kappa shape index (κ3) is 7.47. The number of aliphatic carboxylic acids is 1. The standard InChI is InChI=1S/C26H30N4O.C2HF3O2/c1-3-15-30(16-4-2)25-8-6-5-7-19(25)9-10-21-17-20(11-13-27-21)24-18-22-23(29-24)12-14-28-26(22)31;3-2(4,5)1(6)7/h5-11,13,17-18,29H,3-4,12,14-16H2,1-2H3,(H,28,31);(H,6,7)/b10-9+;. The number of hydrogen-bond acceptors (Lipinski definition) is 4. The van der Waals surface area contributed by atoms with Crippen molar-refractivity contribution in [3.05, 3.63) is 71.2 Å². The van der Waals surface area contributed by atoms with Gasteiger partial charge in [0.25, 0.3) is 5.91 Å². The Kier molecular flexibility index (Phi) is 9.70. The van der Waals surface area contributed by atoms with Crippen molar-refractivity contribution in [1.29, 1.82) is 0 Å². The molecular formula is C28H31F3N4O3. The lowest BCUT2D eigenvalue weighted by molar-refractivity contribution is -0.192. The van der Waals surface area contributed by atoms with Crippen molar-refractivity contribution in [2.75, 3.05) is 24.5 Å². The van der Waals surface area contributed by atoms with E-state index in [1.807, 2.05) is 18.3 Å². The summed E-state index contributed by atoms with van der Waals surface area (Å²) in [6, 6.07) is 14.5. The van der Waals surface area contributed by atoms with Crippen LogP contribution in [-0.2, 0) is 11.2 Å². The average Bonchev–Trinajstić information content (AvgIpc) is 3.34. The van der Waals surface area contributed by atoms with E-state index in [1.54, 1.807) is 0 Å². The van der Waals surface area contributed by atoms with E-state index in [-0.39, 0.29) is 5.91 Å². The molecule has 2 aromatic heterocycles. The number of nitrogens with zero attached hydrogens (tertiary/aromatic N) is 2. The molecule has 3 aromatic rings. The maximum atomic E-state index is 12.1. The quantitative estimate of drug-likeness (QED) is 0.344. The number of pyridine rings is 1. The Labute approximate surface area is 219 Å². The van der Waals surface area contributed by atoms with E-state index in [2.05, 4.69) is 76.5 Å².